The lowest BCUT2D eigenvalue weighted by Gasteiger charge is -2.19. The lowest BCUT2D eigenvalue weighted by molar-refractivity contribution is -0.384. The topological polar surface area (TPSA) is 105 Å². The lowest BCUT2D eigenvalue weighted by atomic mass is 10.1. The van der Waals surface area contributed by atoms with Crippen LogP contribution in [0.3, 0.4) is 0 Å². The quantitative estimate of drug-likeness (QED) is 0.662. The van der Waals surface area contributed by atoms with Crippen LogP contribution in [0.2, 0.25) is 0 Å². The van der Waals surface area contributed by atoms with Gasteiger partial charge in [-0.2, -0.15) is 5.26 Å². The third-order valence-electron chi connectivity index (χ3n) is 2.01. The van der Waals surface area contributed by atoms with Gasteiger partial charge in [0.15, 0.2) is 0 Å². The first-order chi connectivity index (χ1) is 9.14. The van der Waals surface area contributed by atoms with E-state index in [0.717, 1.165) is 12.1 Å². The monoisotopic (exact) mass is 281 g/mol. The third kappa shape index (κ3) is 3.91. The number of nitriles is 1. The number of rotatable bonds is 2. The van der Waals surface area contributed by atoms with Gasteiger partial charge in [0.05, 0.1) is 4.92 Å². The third-order valence-corrected chi connectivity index (χ3v) is 2.01. The lowest BCUT2D eigenvalue weighted by Crippen LogP contribution is -2.27. The van der Waals surface area contributed by atoms with Crippen LogP contribution < -0.4 is 5.32 Å². The van der Waals surface area contributed by atoms with Crippen LogP contribution in [0.1, 0.15) is 26.3 Å². The molecule has 0 saturated carbocycles. The van der Waals surface area contributed by atoms with E-state index >= 15 is 0 Å². The summed E-state index contributed by atoms with van der Waals surface area (Å²) in [5.74, 6) is -0.877. The minimum absolute atomic E-state index is 0.430. The molecule has 0 aromatic heterocycles. The highest BCUT2D eigenvalue weighted by Crippen LogP contribution is 2.30. The number of amides is 1. The minimum atomic E-state index is -0.977. The van der Waals surface area contributed by atoms with E-state index in [-0.39, 0.29) is 0 Å². The van der Waals surface area contributed by atoms with Crippen molar-refractivity contribution in [1.82, 2.24) is 0 Å². The maximum absolute atomic E-state index is 13.3. The standard InChI is InChI=1S/C12H12FN3O4/c1-12(2,3)20-11(17)15-9-5-8(13)4-7(6-14)10(9)16(18)19/h4-5H,1-3H3,(H,15,17). The zero-order valence-electron chi connectivity index (χ0n) is 11.1. The van der Waals surface area contributed by atoms with Gasteiger partial charge < -0.3 is 4.74 Å². The number of anilines is 1. The minimum Gasteiger partial charge on any atom is -0.444 e. The van der Waals surface area contributed by atoms with E-state index in [0.29, 0.717) is 0 Å². The molecule has 0 spiro atoms. The first kappa shape index (κ1) is 15.4. The number of hydrogen-bond donors (Lipinski definition) is 1. The van der Waals surface area contributed by atoms with Crippen molar-refractivity contribution in [2.45, 2.75) is 26.4 Å². The Morgan fingerprint density at radius 1 is 1.50 bits per heavy atom. The van der Waals surface area contributed by atoms with Gasteiger partial charge in [-0.15, -0.1) is 0 Å². The zero-order chi connectivity index (χ0) is 15.5. The number of nitro benzene ring substituents is 1. The van der Waals surface area contributed by atoms with E-state index in [1.165, 1.54) is 6.07 Å². The van der Waals surface area contributed by atoms with Crippen LogP contribution in [0.4, 0.5) is 20.6 Å². The number of benzene rings is 1. The molecule has 1 N–H and O–H groups in total. The number of ether oxygens (including phenoxy) is 1. The number of nitrogens with one attached hydrogen (secondary N) is 1. The summed E-state index contributed by atoms with van der Waals surface area (Å²) >= 11 is 0. The Bertz CT molecular complexity index is 602. The molecule has 0 aliphatic rings. The molecule has 1 amide bonds. The second-order valence-electron chi connectivity index (χ2n) is 4.85. The van der Waals surface area contributed by atoms with Crippen molar-refractivity contribution < 1.29 is 18.8 Å². The second kappa shape index (κ2) is 5.52. The molecule has 0 aliphatic heterocycles. The Morgan fingerprint density at radius 2 is 2.10 bits per heavy atom. The molecule has 1 rings (SSSR count). The predicted octanol–water partition coefficient (Wildman–Crippen LogP) is 2.95. The van der Waals surface area contributed by atoms with Crippen LogP contribution in [-0.4, -0.2) is 16.6 Å². The SMILES string of the molecule is CC(C)(C)OC(=O)Nc1cc(F)cc(C#N)c1[N+](=O)[O-]. The molecule has 0 atom stereocenters. The number of hydrogen-bond acceptors (Lipinski definition) is 5. The Hall–Kier alpha value is -2.69. The van der Waals surface area contributed by atoms with Gasteiger partial charge in [0.1, 0.15) is 28.7 Å². The van der Waals surface area contributed by atoms with Crippen LogP contribution in [-0.2, 0) is 4.74 Å². The highest BCUT2D eigenvalue weighted by Gasteiger charge is 2.25. The van der Waals surface area contributed by atoms with Crippen molar-refractivity contribution in [1.29, 1.82) is 5.26 Å². The fourth-order valence-electron chi connectivity index (χ4n) is 1.39. The summed E-state index contributed by atoms with van der Waals surface area (Å²) in [6.07, 6.45) is -0.977. The summed E-state index contributed by atoms with van der Waals surface area (Å²) in [7, 11) is 0. The summed E-state index contributed by atoms with van der Waals surface area (Å²) in [6.45, 7) is 4.81. The first-order valence-electron chi connectivity index (χ1n) is 5.52. The molecule has 7 nitrogen and oxygen atoms in total. The van der Waals surface area contributed by atoms with Gasteiger partial charge in [-0.05, 0) is 26.8 Å². The van der Waals surface area contributed by atoms with Gasteiger partial charge in [-0.25, -0.2) is 9.18 Å². The van der Waals surface area contributed by atoms with Crippen molar-refractivity contribution in [2.75, 3.05) is 5.32 Å². The fraction of sp³-hybridized carbons (Fsp3) is 0.333. The maximum atomic E-state index is 13.3. The van der Waals surface area contributed by atoms with Crippen molar-refractivity contribution >= 4 is 17.5 Å². The fourth-order valence-corrected chi connectivity index (χ4v) is 1.39. The number of nitro groups is 1. The molecular formula is C12H12FN3O4. The number of carbonyl (C=O) groups is 1. The summed E-state index contributed by atoms with van der Waals surface area (Å²) < 4.78 is 18.2. The van der Waals surface area contributed by atoms with Gasteiger partial charge in [0, 0.05) is 6.07 Å². The predicted molar refractivity (Wildman–Crippen MR) is 67.6 cm³/mol. The molecule has 106 valence electrons. The van der Waals surface area contributed by atoms with Crippen molar-refractivity contribution in [3.05, 3.63) is 33.6 Å². The van der Waals surface area contributed by atoms with E-state index in [1.54, 1.807) is 20.8 Å². The summed E-state index contributed by atoms with van der Waals surface area (Å²) in [5.41, 5.74) is -2.41. The largest absolute Gasteiger partial charge is 0.444 e. The Balaban J connectivity index is 3.18. The second-order valence-corrected chi connectivity index (χ2v) is 4.85. The molecule has 1 aromatic carbocycles. The van der Waals surface area contributed by atoms with E-state index in [1.807, 2.05) is 0 Å². The average Bonchev–Trinajstić information content (AvgIpc) is 2.24. The molecule has 0 saturated heterocycles. The van der Waals surface area contributed by atoms with Gasteiger partial charge >= 0.3 is 11.8 Å². The Labute approximate surface area is 114 Å². The summed E-state index contributed by atoms with van der Waals surface area (Å²) in [6, 6.07) is 2.98. The molecule has 0 heterocycles. The van der Waals surface area contributed by atoms with Gasteiger partial charge in [-0.3, -0.25) is 15.4 Å². The van der Waals surface area contributed by atoms with E-state index < -0.39 is 39.4 Å². The molecule has 1 aromatic rings. The van der Waals surface area contributed by atoms with Gasteiger partial charge in [-0.1, -0.05) is 0 Å². The normalized spacial score (nSPS) is 10.6. The van der Waals surface area contributed by atoms with Crippen LogP contribution in [0.5, 0.6) is 0 Å². The van der Waals surface area contributed by atoms with E-state index in [9.17, 15) is 19.3 Å². The van der Waals surface area contributed by atoms with Crippen molar-refractivity contribution in [2.24, 2.45) is 0 Å². The number of nitrogens with zero attached hydrogens (tertiary/aromatic N) is 2. The van der Waals surface area contributed by atoms with Crippen LogP contribution in [0.25, 0.3) is 0 Å². The van der Waals surface area contributed by atoms with Crippen molar-refractivity contribution in [3.63, 3.8) is 0 Å². The Kier molecular flexibility index (Phi) is 4.24. The summed E-state index contributed by atoms with van der Waals surface area (Å²) in [5, 5.41) is 21.8. The summed E-state index contributed by atoms with van der Waals surface area (Å²) in [4.78, 5) is 21.6. The van der Waals surface area contributed by atoms with Crippen LogP contribution in [0, 0.1) is 27.3 Å². The maximum Gasteiger partial charge on any atom is 0.412 e. The number of halogens is 1. The zero-order valence-corrected chi connectivity index (χ0v) is 11.1. The molecule has 0 radical (unpaired) electrons. The molecule has 0 fully saturated rings. The van der Waals surface area contributed by atoms with Crippen LogP contribution >= 0.6 is 0 Å². The van der Waals surface area contributed by atoms with E-state index in [4.69, 9.17) is 10.00 Å². The average molecular weight is 281 g/mol. The first-order valence-corrected chi connectivity index (χ1v) is 5.52. The molecule has 0 aliphatic carbocycles. The molecule has 0 unspecified atom stereocenters. The Morgan fingerprint density at radius 3 is 2.55 bits per heavy atom. The smallest absolute Gasteiger partial charge is 0.412 e. The van der Waals surface area contributed by atoms with E-state index in [2.05, 4.69) is 5.32 Å². The number of carbonyl (C=O) groups excluding carboxylic acids is 1. The molecule has 0 bridgehead atoms. The molecular weight excluding hydrogens is 269 g/mol. The highest BCUT2D eigenvalue weighted by molar-refractivity contribution is 5.89. The van der Waals surface area contributed by atoms with Gasteiger partial charge in [0.25, 0.3) is 0 Å². The van der Waals surface area contributed by atoms with Crippen molar-refractivity contribution in [3.8, 4) is 6.07 Å². The molecule has 8 heteroatoms. The van der Waals surface area contributed by atoms with Gasteiger partial charge in [0.2, 0.25) is 0 Å². The molecule has 20 heavy (non-hydrogen) atoms. The van der Waals surface area contributed by atoms with Crippen LogP contribution in [0.15, 0.2) is 12.1 Å². The highest BCUT2D eigenvalue weighted by atomic mass is 19.1.